The minimum atomic E-state index is -0.353. The summed E-state index contributed by atoms with van der Waals surface area (Å²) < 4.78 is 21.8. The molecule has 3 aromatic rings. The first-order chi connectivity index (χ1) is 24.4. The molecule has 12 heteroatoms. The molecule has 51 heavy (non-hydrogen) atoms. The Hall–Kier alpha value is -4.03. The molecule has 11 nitrogen and oxygen atoms in total. The van der Waals surface area contributed by atoms with Crippen LogP contribution in [0.4, 0.5) is 10.1 Å². The van der Waals surface area contributed by atoms with E-state index in [0.717, 1.165) is 38.3 Å². The lowest BCUT2D eigenvalue weighted by atomic mass is 9.45. The lowest BCUT2D eigenvalue weighted by molar-refractivity contribution is -0.124. The minimum absolute atomic E-state index is 0.00498. The molecule has 8 rings (SSSR count). The Labute approximate surface area is 300 Å². The van der Waals surface area contributed by atoms with Gasteiger partial charge >= 0.3 is 0 Å². The number of aryl methyl sites for hydroxylation is 1. The first-order valence-corrected chi connectivity index (χ1v) is 18.6. The lowest BCUT2D eigenvalue weighted by Gasteiger charge is -2.61. The van der Waals surface area contributed by atoms with Crippen molar-refractivity contribution in [2.75, 3.05) is 58.7 Å². The van der Waals surface area contributed by atoms with Gasteiger partial charge in [0.15, 0.2) is 5.96 Å². The van der Waals surface area contributed by atoms with Gasteiger partial charge in [0.25, 0.3) is 5.56 Å². The third-order valence-corrected chi connectivity index (χ3v) is 12.3. The van der Waals surface area contributed by atoms with Gasteiger partial charge in [-0.05, 0) is 86.2 Å². The van der Waals surface area contributed by atoms with Gasteiger partial charge in [-0.1, -0.05) is 26.8 Å². The van der Waals surface area contributed by atoms with Crippen LogP contribution in [0.2, 0.25) is 0 Å². The number of hydrogen-bond donors (Lipinski definition) is 2. The van der Waals surface area contributed by atoms with E-state index in [1.54, 1.807) is 16.7 Å². The lowest BCUT2D eigenvalue weighted by Crippen LogP contribution is -2.58. The number of aromatic nitrogens is 2. The summed E-state index contributed by atoms with van der Waals surface area (Å²) >= 11 is 0. The Bertz CT molecular complexity index is 1870. The smallest absolute Gasteiger partial charge is 0.261 e. The van der Waals surface area contributed by atoms with Crippen LogP contribution in [-0.2, 0) is 24.3 Å². The Morgan fingerprint density at radius 3 is 2.57 bits per heavy atom. The molecule has 1 aromatic heterocycles. The number of rotatable bonds is 8. The van der Waals surface area contributed by atoms with Gasteiger partial charge in [0.2, 0.25) is 5.91 Å². The van der Waals surface area contributed by atoms with E-state index in [9.17, 15) is 14.0 Å². The number of fused-ring (bicyclic) bond motifs is 3. The Balaban J connectivity index is 1.21. The van der Waals surface area contributed by atoms with E-state index in [2.05, 4.69) is 48.3 Å². The summed E-state index contributed by atoms with van der Waals surface area (Å²) in [5, 5.41) is 7.12. The molecule has 2 N–H and O–H groups in total. The fraction of sp³-hybridized carbons (Fsp3) is 0.590. The van der Waals surface area contributed by atoms with E-state index < -0.39 is 0 Å². The second-order valence-corrected chi connectivity index (χ2v) is 16.0. The van der Waals surface area contributed by atoms with E-state index in [1.165, 1.54) is 19.6 Å². The Morgan fingerprint density at radius 1 is 1.10 bits per heavy atom. The Kier molecular flexibility index (Phi) is 9.84. The third-order valence-electron chi connectivity index (χ3n) is 12.3. The molecule has 1 amide bonds. The zero-order valence-electron chi connectivity index (χ0n) is 30.9. The van der Waals surface area contributed by atoms with Crippen LogP contribution < -0.4 is 20.9 Å². The van der Waals surface area contributed by atoms with Crippen molar-refractivity contribution in [3.63, 3.8) is 0 Å². The van der Waals surface area contributed by atoms with Crippen molar-refractivity contribution < 1.29 is 13.9 Å². The zero-order valence-corrected chi connectivity index (χ0v) is 30.9. The predicted molar refractivity (Wildman–Crippen MR) is 199 cm³/mol. The van der Waals surface area contributed by atoms with E-state index >= 15 is 0 Å². The number of amides is 1. The van der Waals surface area contributed by atoms with Crippen LogP contribution in [0.5, 0.6) is 5.75 Å². The van der Waals surface area contributed by atoms with Gasteiger partial charge in [-0.3, -0.25) is 19.1 Å². The van der Waals surface area contributed by atoms with Crippen LogP contribution in [0.3, 0.4) is 0 Å². The van der Waals surface area contributed by atoms with E-state index in [4.69, 9.17) is 14.7 Å². The molecule has 3 aliphatic carbocycles. The van der Waals surface area contributed by atoms with Crippen LogP contribution in [0, 0.1) is 29.0 Å². The highest BCUT2D eigenvalue weighted by Crippen LogP contribution is 2.61. The molecular weight excluding hydrogens is 647 g/mol. The monoisotopic (exact) mass is 700 g/mol. The van der Waals surface area contributed by atoms with Crippen LogP contribution >= 0.6 is 0 Å². The number of nitrogens with zero attached hydrogens (tertiary/aromatic N) is 6. The van der Waals surface area contributed by atoms with Crippen molar-refractivity contribution >= 4 is 28.5 Å². The van der Waals surface area contributed by atoms with Gasteiger partial charge in [-0.15, -0.1) is 0 Å². The molecule has 3 heterocycles. The number of benzene rings is 2. The maximum Gasteiger partial charge on any atom is 0.261 e. The number of hydrogen-bond acceptors (Lipinski definition) is 7. The topological polar surface area (TPSA) is 107 Å². The van der Waals surface area contributed by atoms with Crippen LogP contribution in [0.15, 0.2) is 46.2 Å². The quantitative estimate of drug-likeness (QED) is 0.266. The third kappa shape index (κ3) is 7.22. The van der Waals surface area contributed by atoms with E-state index in [1.807, 2.05) is 30.0 Å². The molecule has 2 aliphatic heterocycles. The van der Waals surface area contributed by atoms with Crippen LogP contribution in [0.1, 0.15) is 51.9 Å². The van der Waals surface area contributed by atoms with Gasteiger partial charge in [0.05, 0.1) is 37.1 Å². The predicted octanol–water partition coefficient (Wildman–Crippen LogP) is 4.19. The summed E-state index contributed by atoms with van der Waals surface area (Å²) in [6.07, 6.45) is 2.66. The van der Waals surface area contributed by atoms with Crippen molar-refractivity contribution in [3.05, 3.63) is 64.0 Å². The molecule has 2 bridgehead atoms. The molecule has 0 spiro atoms. The van der Waals surface area contributed by atoms with E-state index in [-0.39, 0.29) is 35.9 Å². The normalized spacial score (nSPS) is 26.9. The second kappa shape index (κ2) is 14.2. The number of carbonyl (C=O) groups excluding carboxylic acids is 1. The molecule has 3 saturated carbocycles. The molecule has 5 atom stereocenters. The number of piperazine rings is 2. The zero-order chi connectivity index (χ0) is 36.0. The summed E-state index contributed by atoms with van der Waals surface area (Å²) in [7, 11) is 3.63. The molecule has 0 unspecified atom stereocenters. The number of ether oxygens (including phenoxy) is 1. The van der Waals surface area contributed by atoms with Crippen molar-refractivity contribution in [2.24, 2.45) is 28.2 Å². The van der Waals surface area contributed by atoms with Gasteiger partial charge in [-0.25, -0.2) is 14.4 Å². The van der Waals surface area contributed by atoms with Crippen molar-refractivity contribution in [3.8, 4) is 5.75 Å². The van der Waals surface area contributed by atoms with Crippen molar-refractivity contribution in [1.29, 1.82) is 0 Å². The van der Waals surface area contributed by atoms with Gasteiger partial charge < -0.3 is 25.2 Å². The van der Waals surface area contributed by atoms with Crippen LogP contribution in [-0.4, -0.2) is 102 Å². The number of methoxy groups -OCH3 is 1. The first-order valence-electron chi connectivity index (χ1n) is 18.6. The number of guanidine groups is 1. The molecule has 5 fully saturated rings. The van der Waals surface area contributed by atoms with Crippen LogP contribution in [0.25, 0.3) is 10.9 Å². The highest BCUT2D eigenvalue weighted by Gasteiger charge is 2.56. The second-order valence-electron chi connectivity index (χ2n) is 16.0. The largest absolute Gasteiger partial charge is 0.497 e. The maximum absolute atomic E-state index is 14.9. The number of likely N-dealkylation sites (N-methyl/N-ethyl adjacent to an activating group) is 1. The highest BCUT2D eigenvalue weighted by atomic mass is 19.1. The first kappa shape index (κ1) is 35.4. The standard InChI is InChI=1S/C39H53FN8O3/c1-24-21-47(23-36(49)41-24)38(44-33-18-27-17-31(25(33)2)39(27,3)4)42-28-8-10-30-34(19-28)43-35(22-46-15-13-45(5)14-16-46)48(37(30)50)12-11-26-7-9-29(51-6)20-32(26)40/h7-10,19-20,24-25,27,31,33H,11-18,21-23H2,1-6H3,(H,41,49)(H,42,44)/t24-,25-,27+,31-,33-/m0/s1. The molecule has 0 radical (unpaired) electrons. The highest BCUT2D eigenvalue weighted by molar-refractivity contribution is 5.98. The van der Waals surface area contributed by atoms with Crippen molar-refractivity contribution in [1.82, 2.24) is 29.6 Å². The van der Waals surface area contributed by atoms with Gasteiger partial charge in [-0.2, -0.15) is 0 Å². The number of carbonyl (C=O) groups is 1. The molecule has 2 saturated heterocycles. The number of halogens is 1. The molecular formula is C39H53FN8O3. The average molecular weight is 701 g/mol. The minimum Gasteiger partial charge on any atom is -0.497 e. The summed E-state index contributed by atoms with van der Waals surface area (Å²) in [4.78, 5) is 44.0. The molecule has 2 aromatic carbocycles. The number of aliphatic imine (C=N–C) groups is 1. The van der Waals surface area contributed by atoms with Crippen molar-refractivity contribution in [2.45, 2.75) is 72.1 Å². The molecule has 5 aliphatic rings. The summed E-state index contributed by atoms with van der Waals surface area (Å²) in [5.74, 6) is 3.18. The van der Waals surface area contributed by atoms with E-state index in [0.29, 0.717) is 83.2 Å². The molecule has 274 valence electrons. The number of anilines is 1. The van der Waals surface area contributed by atoms with Gasteiger partial charge in [0, 0.05) is 57.1 Å². The fourth-order valence-corrected chi connectivity index (χ4v) is 8.86. The fourth-order valence-electron chi connectivity index (χ4n) is 8.86. The summed E-state index contributed by atoms with van der Waals surface area (Å²) in [6, 6.07) is 10.6. The summed E-state index contributed by atoms with van der Waals surface area (Å²) in [6.45, 7) is 14.5. The maximum atomic E-state index is 14.9. The number of nitrogens with one attached hydrogen (secondary N) is 2. The average Bonchev–Trinajstić information content (AvgIpc) is 3.09. The summed E-state index contributed by atoms with van der Waals surface area (Å²) in [5.41, 5.74) is 2.09. The van der Waals surface area contributed by atoms with Gasteiger partial charge in [0.1, 0.15) is 17.4 Å². The SMILES string of the molecule is COc1ccc(CCn2c(CN3CCN(C)CC3)nc3cc(NC(=N[C@H]4C[C@H]5C[C@@H]([C@@H]4C)C5(C)C)N4CC(=O)N[C@@H](C)C4)ccc3c2=O)c(F)c1. The Morgan fingerprint density at radius 2 is 1.88 bits per heavy atom.